The molecule has 4 nitrogen and oxygen atoms in total. The van der Waals surface area contributed by atoms with E-state index in [1.807, 2.05) is 42.7 Å². The first-order chi connectivity index (χ1) is 9.19. The van der Waals surface area contributed by atoms with E-state index in [0.717, 1.165) is 11.3 Å². The van der Waals surface area contributed by atoms with Crippen LogP contribution in [0.1, 0.15) is 5.56 Å². The molecule has 0 aliphatic rings. The summed E-state index contributed by atoms with van der Waals surface area (Å²) in [6.07, 6.45) is 1.84. The Labute approximate surface area is 115 Å². The van der Waals surface area contributed by atoms with Crippen molar-refractivity contribution in [3.8, 4) is 23.1 Å². The van der Waals surface area contributed by atoms with Gasteiger partial charge in [-0.2, -0.15) is 5.26 Å². The number of nitriles is 1. The van der Waals surface area contributed by atoms with Crippen LogP contribution in [-0.4, -0.2) is 18.3 Å². The van der Waals surface area contributed by atoms with E-state index >= 15 is 0 Å². The Balaban J connectivity index is 2.54. The molecule has 0 unspecified atom stereocenters. The third kappa shape index (κ3) is 2.64. The lowest BCUT2D eigenvalue weighted by Gasteiger charge is -2.06. The molecule has 2 aromatic rings. The Kier molecular flexibility index (Phi) is 3.93. The highest BCUT2D eigenvalue weighted by atomic mass is 32.2. The highest BCUT2D eigenvalue weighted by molar-refractivity contribution is 7.98. The summed E-state index contributed by atoms with van der Waals surface area (Å²) in [5.41, 5.74) is 1.36. The van der Waals surface area contributed by atoms with E-state index in [1.54, 1.807) is 7.11 Å². The van der Waals surface area contributed by atoms with Gasteiger partial charge in [0.2, 0.25) is 0 Å². The highest BCUT2D eigenvalue weighted by Gasteiger charge is 2.09. The van der Waals surface area contributed by atoms with Crippen molar-refractivity contribution in [2.75, 3.05) is 13.4 Å². The van der Waals surface area contributed by atoms with Gasteiger partial charge in [-0.25, -0.2) is 0 Å². The first-order valence-corrected chi connectivity index (χ1v) is 6.78. The molecule has 1 aromatic carbocycles. The van der Waals surface area contributed by atoms with Crippen molar-refractivity contribution in [1.29, 1.82) is 5.26 Å². The number of thioether (sulfide) groups is 1. The number of methoxy groups -OCH3 is 1. The predicted molar refractivity (Wildman–Crippen MR) is 75.5 cm³/mol. The second-order valence-corrected chi connectivity index (χ2v) is 4.64. The number of rotatable bonds is 3. The van der Waals surface area contributed by atoms with E-state index in [4.69, 9.17) is 10.00 Å². The zero-order chi connectivity index (χ0) is 13.8. The highest BCUT2D eigenvalue weighted by Crippen LogP contribution is 2.24. The van der Waals surface area contributed by atoms with Crippen LogP contribution in [0.4, 0.5) is 0 Å². The molecule has 0 atom stereocenters. The summed E-state index contributed by atoms with van der Waals surface area (Å²) in [5, 5.41) is 8.96. The smallest absolute Gasteiger partial charge is 0.267 e. The lowest BCUT2D eigenvalue weighted by Crippen LogP contribution is -2.12. The Morgan fingerprint density at radius 3 is 2.53 bits per heavy atom. The fraction of sp³-hybridized carbons (Fsp3) is 0.143. The number of nitrogens with one attached hydrogen (secondary N) is 1. The third-order valence-electron chi connectivity index (χ3n) is 2.73. The van der Waals surface area contributed by atoms with Crippen LogP contribution in [0.5, 0.6) is 5.75 Å². The topological polar surface area (TPSA) is 65.9 Å². The van der Waals surface area contributed by atoms with Crippen molar-refractivity contribution in [3.63, 3.8) is 0 Å². The van der Waals surface area contributed by atoms with Gasteiger partial charge < -0.3 is 9.72 Å². The first kappa shape index (κ1) is 13.2. The van der Waals surface area contributed by atoms with Crippen molar-refractivity contribution >= 4 is 11.8 Å². The van der Waals surface area contributed by atoms with Crippen LogP contribution >= 0.6 is 11.8 Å². The molecule has 1 heterocycles. The maximum absolute atomic E-state index is 11.8. The van der Waals surface area contributed by atoms with Crippen LogP contribution in [0.15, 0.2) is 40.0 Å². The molecule has 0 radical (unpaired) electrons. The molecule has 0 aliphatic carbocycles. The SMILES string of the molecule is COc1ccc(-c2cc(SC)c(C#N)c(=O)[nH]2)cc1. The summed E-state index contributed by atoms with van der Waals surface area (Å²) in [5.74, 6) is 0.754. The second kappa shape index (κ2) is 5.63. The third-order valence-corrected chi connectivity index (χ3v) is 3.49. The minimum Gasteiger partial charge on any atom is -0.497 e. The monoisotopic (exact) mass is 272 g/mol. The Hall–Kier alpha value is -2.19. The van der Waals surface area contributed by atoms with Crippen molar-refractivity contribution < 1.29 is 4.74 Å². The first-order valence-electron chi connectivity index (χ1n) is 5.55. The maximum atomic E-state index is 11.8. The van der Waals surface area contributed by atoms with Gasteiger partial charge >= 0.3 is 0 Å². The van der Waals surface area contributed by atoms with E-state index < -0.39 is 0 Å². The molecule has 0 saturated heterocycles. The molecule has 2 rings (SSSR count). The van der Waals surface area contributed by atoms with Gasteiger partial charge in [0, 0.05) is 10.6 Å². The summed E-state index contributed by atoms with van der Waals surface area (Å²) in [6.45, 7) is 0. The maximum Gasteiger partial charge on any atom is 0.267 e. The van der Waals surface area contributed by atoms with Crippen molar-refractivity contribution in [2.45, 2.75) is 4.90 Å². The van der Waals surface area contributed by atoms with Gasteiger partial charge in [0.15, 0.2) is 0 Å². The summed E-state index contributed by atoms with van der Waals surface area (Å²) in [7, 11) is 1.60. The summed E-state index contributed by atoms with van der Waals surface area (Å²) < 4.78 is 5.09. The molecule has 5 heteroatoms. The van der Waals surface area contributed by atoms with Gasteiger partial charge in [0.1, 0.15) is 17.4 Å². The van der Waals surface area contributed by atoms with Crippen LogP contribution in [0, 0.1) is 11.3 Å². The number of benzene rings is 1. The van der Waals surface area contributed by atoms with Crippen LogP contribution in [0.3, 0.4) is 0 Å². The molecule has 0 amide bonds. The van der Waals surface area contributed by atoms with E-state index in [1.165, 1.54) is 11.8 Å². The molecule has 0 saturated carbocycles. The standard InChI is InChI=1S/C14H12N2O2S/c1-18-10-5-3-9(4-6-10)12-7-13(19-2)11(8-15)14(17)16-12/h3-7H,1-2H3,(H,16,17). The minimum absolute atomic E-state index is 0.157. The largest absolute Gasteiger partial charge is 0.497 e. The number of nitrogens with zero attached hydrogens (tertiary/aromatic N) is 1. The molecule has 1 aromatic heterocycles. The van der Waals surface area contributed by atoms with Crippen molar-refractivity contribution in [3.05, 3.63) is 46.2 Å². The molecule has 96 valence electrons. The number of hydrogen-bond donors (Lipinski definition) is 1. The average Bonchev–Trinajstić information content (AvgIpc) is 2.46. The zero-order valence-electron chi connectivity index (χ0n) is 10.6. The van der Waals surface area contributed by atoms with E-state index in [9.17, 15) is 4.79 Å². The molecule has 19 heavy (non-hydrogen) atoms. The number of hydrogen-bond acceptors (Lipinski definition) is 4. The van der Waals surface area contributed by atoms with Crippen LogP contribution in [-0.2, 0) is 0 Å². The quantitative estimate of drug-likeness (QED) is 0.872. The van der Waals surface area contributed by atoms with Gasteiger partial charge in [-0.1, -0.05) is 0 Å². The van der Waals surface area contributed by atoms with E-state index in [0.29, 0.717) is 10.6 Å². The zero-order valence-corrected chi connectivity index (χ0v) is 11.4. The molecule has 0 bridgehead atoms. The lowest BCUT2D eigenvalue weighted by molar-refractivity contribution is 0.415. The second-order valence-electron chi connectivity index (χ2n) is 3.80. The summed E-state index contributed by atoms with van der Waals surface area (Å²) >= 11 is 1.38. The number of H-pyrrole nitrogens is 1. The Bertz CT molecular complexity index is 684. The van der Waals surface area contributed by atoms with Crippen LogP contribution in [0.2, 0.25) is 0 Å². The fourth-order valence-corrected chi connectivity index (χ4v) is 2.31. The van der Waals surface area contributed by atoms with Crippen molar-refractivity contribution in [1.82, 2.24) is 4.98 Å². The lowest BCUT2D eigenvalue weighted by atomic mass is 10.1. The minimum atomic E-state index is -0.361. The molecular formula is C14H12N2O2S. The van der Waals surface area contributed by atoms with Gasteiger partial charge in [-0.3, -0.25) is 4.79 Å². The molecule has 0 aliphatic heterocycles. The Morgan fingerprint density at radius 2 is 2.00 bits per heavy atom. The van der Waals surface area contributed by atoms with Crippen LogP contribution < -0.4 is 10.3 Å². The van der Waals surface area contributed by atoms with Gasteiger partial charge in [-0.15, -0.1) is 11.8 Å². The van der Waals surface area contributed by atoms with Crippen LogP contribution in [0.25, 0.3) is 11.3 Å². The molecule has 0 spiro atoms. The average molecular weight is 272 g/mol. The molecular weight excluding hydrogens is 260 g/mol. The number of aromatic nitrogens is 1. The predicted octanol–water partition coefficient (Wildman–Crippen LogP) is 2.64. The van der Waals surface area contributed by atoms with Gasteiger partial charge in [0.05, 0.1) is 7.11 Å². The van der Waals surface area contributed by atoms with E-state index in [-0.39, 0.29) is 11.1 Å². The fourth-order valence-electron chi connectivity index (χ4n) is 1.73. The van der Waals surface area contributed by atoms with Gasteiger partial charge in [-0.05, 0) is 42.2 Å². The Morgan fingerprint density at radius 1 is 1.32 bits per heavy atom. The van der Waals surface area contributed by atoms with E-state index in [2.05, 4.69) is 4.98 Å². The molecule has 1 N–H and O–H groups in total. The normalized spacial score (nSPS) is 9.95. The summed E-state index contributed by atoms with van der Waals surface area (Å²) in [4.78, 5) is 15.2. The summed E-state index contributed by atoms with van der Waals surface area (Å²) in [6, 6.07) is 11.1. The van der Waals surface area contributed by atoms with Crippen molar-refractivity contribution in [2.24, 2.45) is 0 Å². The molecule has 0 fully saturated rings. The number of pyridine rings is 1. The number of aromatic amines is 1. The number of ether oxygens (including phenoxy) is 1. The van der Waals surface area contributed by atoms with Gasteiger partial charge in [0.25, 0.3) is 5.56 Å².